The zero-order valence-corrected chi connectivity index (χ0v) is 10.4. The Kier molecular flexibility index (Phi) is 2.70. The molecule has 0 amide bonds. The highest BCUT2D eigenvalue weighted by molar-refractivity contribution is 6.12. The molecule has 10 heteroatoms. The van der Waals surface area contributed by atoms with Gasteiger partial charge in [-0.05, 0) is 6.42 Å². The molecule has 0 radical (unpaired) electrons. The van der Waals surface area contributed by atoms with Crippen LogP contribution in [0.2, 0.25) is 0 Å². The first-order valence-electron chi connectivity index (χ1n) is 5.71. The minimum absolute atomic E-state index is 0.602. The highest BCUT2D eigenvalue weighted by atomic mass is 16.4. The lowest BCUT2D eigenvalue weighted by atomic mass is 9.57. The first-order chi connectivity index (χ1) is 9.47. The fourth-order valence-corrected chi connectivity index (χ4v) is 3.60. The van der Waals surface area contributed by atoms with Gasteiger partial charge < -0.3 is 31.9 Å². The average Bonchev–Trinajstić information content (AvgIpc) is 2.78. The second-order valence-electron chi connectivity index (χ2n) is 5.20. The Morgan fingerprint density at radius 3 is 1.81 bits per heavy atom. The van der Waals surface area contributed by atoms with Crippen molar-refractivity contribution >= 4 is 23.9 Å². The van der Waals surface area contributed by atoms with E-state index >= 15 is 0 Å². The molecule has 21 heavy (non-hydrogen) atoms. The Labute approximate surface area is 116 Å². The Bertz CT molecular complexity index is 608. The third-order valence-electron chi connectivity index (χ3n) is 4.49. The highest BCUT2D eigenvalue weighted by Gasteiger charge is 2.84. The predicted octanol–water partition coefficient (Wildman–Crippen LogP) is -2.13. The molecule has 2 aliphatic carbocycles. The Hall–Kier alpha value is -2.46. The summed E-state index contributed by atoms with van der Waals surface area (Å²) in [5.74, 6) is -9.00. The second-order valence-corrected chi connectivity index (χ2v) is 5.20. The second kappa shape index (κ2) is 3.80. The van der Waals surface area contributed by atoms with Crippen LogP contribution >= 0.6 is 0 Å². The SMILES string of the molecule is NC1(N)C2C=C(C(=O)O)C(C(=O)O)(C2)C1(C(=O)O)C(=O)O. The van der Waals surface area contributed by atoms with Gasteiger partial charge in [-0.15, -0.1) is 0 Å². The van der Waals surface area contributed by atoms with Gasteiger partial charge in [-0.1, -0.05) is 6.08 Å². The molecule has 2 unspecified atom stereocenters. The highest BCUT2D eigenvalue weighted by Crippen LogP contribution is 2.66. The van der Waals surface area contributed by atoms with Crippen LogP contribution in [-0.2, 0) is 19.2 Å². The largest absolute Gasteiger partial charge is 0.481 e. The minimum Gasteiger partial charge on any atom is -0.481 e. The van der Waals surface area contributed by atoms with Crippen molar-refractivity contribution in [3.8, 4) is 0 Å². The molecule has 0 saturated heterocycles. The molecule has 2 atom stereocenters. The summed E-state index contributed by atoms with van der Waals surface area (Å²) in [5.41, 5.74) is 2.11. The lowest BCUT2D eigenvalue weighted by molar-refractivity contribution is -0.186. The molecule has 8 N–H and O–H groups in total. The maximum absolute atomic E-state index is 11.7. The fraction of sp³-hybridized carbons (Fsp3) is 0.455. The summed E-state index contributed by atoms with van der Waals surface area (Å²) < 4.78 is 0. The quantitative estimate of drug-likeness (QED) is 0.246. The van der Waals surface area contributed by atoms with E-state index in [4.69, 9.17) is 16.6 Å². The molecule has 0 heterocycles. The molecule has 2 rings (SSSR count). The molecule has 1 saturated carbocycles. The van der Waals surface area contributed by atoms with E-state index in [1.54, 1.807) is 0 Å². The van der Waals surface area contributed by atoms with Crippen LogP contribution < -0.4 is 11.5 Å². The van der Waals surface area contributed by atoms with Crippen LogP contribution in [0, 0.1) is 16.7 Å². The van der Waals surface area contributed by atoms with Gasteiger partial charge in [0.1, 0.15) is 5.41 Å². The Morgan fingerprint density at radius 1 is 1.00 bits per heavy atom. The van der Waals surface area contributed by atoms with Crippen LogP contribution in [0.1, 0.15) is 6.42 Å². The number of rotatable bonds is 4. The first-order valence-corrected chi connectivity index (χ1v) is 5.71. The molecule has 114 valence electrons. The van der Waals surface area contributed by atoms with Gasteiger partial charge in [-0.3, -0.25) is 14.4 Å². The first kappa shape index (κ1) is 14.9. The smallest absolute Gasteiger partial charge is 0.332 e. The molecule has 0 aromatic heterocycles. The summed E-state index contributed by atoms with van der Waals surface area (Å²) in [6.45, 7) is 0. The summed E-state index contributed by atoms with van der Waals surface area (Å²) in [6.07, 6.45) is 0.330. The van der Waals surface area contributed by atoms with Crippen molar-refractivity contribution in [2.24, 2.45) is 28.2 Å². The third-order valence-corrected chi connectivity index (χ3v) is 4.49. The minimum atomic E-state index is -3.18. The van der Waals surface area contributed by atoms with Crippen molar-refractivity contribution in [3.63, 3.8) is 0 Å². The number of carbonyl (C=O) groups is 4. The van der Waals surface area contributed by atoms with E-state index in [1.807, 2.05) is 0 Å². The van der Waals surface area contributed by atoms with E-state index in [1.165, 1.54) is 0 Å². The standard InChI is InChI=1S/C11H12N2O8/c12-11(13)3-1-4(5(14)15)9(2-3,6(16)17)10(11,7(18)19)8(20)21/h1,3H,2,12-13H2,(H,14,15)(H,16,17)(H,18,19)(H,20,21). The molecule has 0 aromatic rings. The number of aliphatic carboxylic acids is 4. The molecule has 0 spiro atoms. The molecule has 2 bridgehead atoms. The van der Waals surface area contributed by atoms with Gasteiger partial charge in [-0.2, -0.15) is 0 Å². The Morgan fingerprint density at radius 2 is 1.48 bits per heavy atom. The van der Waals surface area contributed by atoms with Crippen LogP contribution in [0.4, 0.5) is 0 Å². The number of carboxylic acid groups (broad SMARTS) is 4. The number of hydrogen-bond acceptors (Lipinski definition) is 6. The predicted molar refractivity (Wildman–Crippen MR) is 62.7 cm³/mol. The molecule has 10 nitrogen and oxygen atoms in total. The monoisotopic (exact) mass is 300 g/mol. The van der Waals surface area contributed by atoms with Crippen molar-refractivity contribution in [1.82, 2.24) is 0 Å². The van der Waals surface area contributed by atoms with Gasteiger partial charge in [0.15, 0.2) is 0 Å². The molecule has 2 aliphatic rings. The van der Waals surface area contributed by atoms with Crippen molar-refractivity contribution in [2.75, 3.05) is 0 Å². The van der Waals surface area contributed by atoms with E-state index in [0.29, 0.717) is 0 Å². The maximum atomic E-state index is 11.7. The molecule has 0 aromatic carbocycles. The average molecular weight is 300 g/mol. The topological polar surface area (TPSA) is 201 Å². The normalized spacial score (nSPS) is 31.5. The summed E-state index contributed by atoms with van der Waals surface area (Å²) in [7, 11) is 0. The van der Waals surface area contributed by atoms with Gasteiger partial charge in [-0.25, -0.2) is 4.79 Å². The lowest BCUT2D eigenvalue weighted by Gasteiger charge is -2.45. The van der Waals surface area contributed by atoms with Gasteiger partial charge in [0.2, 0.25) is 5.41 Å². The number of hydrogen-bond donors (Lipinski definition) is 6. The van der Waals surface area contributed by atoms with Gasteiger partial charge in [0.25, 0.3) is 0 Å². The van der Waals surface area contributed by atoms with Crippen molar-refractivity contribution in [3.05, 3.63) is 11.6 Å². The van der Waals surface area contributed by atoms with E-state index in [2.05, 4.69) is 0 Å². The molecule has 1 fully saturated rings. The summed E-state index contributed by atoms with van der Waals surface area (Å²) in [6, 6.07) is 0. The number of carboxylic acids is 4. The summed E-state index contributed by atoms with van der Waals surface area (Å²) >= 11 is 0. The molecular formula is C11H12N2O8. The lowest BCUT2D eigenvalue weighted by Crippen LogP contribution is -2.74. The zero-order valence-electron chi connectivity index (χ0n) is 10.4. The van der Waals surface area contributed by atoms with Crippen LogP contribution in [0.3, 0.4) is 0 Å². The van der Waals surface area contributed by atoms with Crippen molar-refractivity contribution < 1.29 is 39.6 Å². The molecule has 0 aliphatic heterocycles. The third kappa shape index (κ3) is 1.24. The van der Waals surface area contributed by atoms with E-state index in [0.717, 1.165) is 6.08 Å². The van der Waals surface area contributed by atoms with E-state index in [-0.39, 0.29) is 0 Å². The van der Waals surface area contributed by atoms with Gasteiger partial charge in [0, 0.05) is 5.92 Å². The van der Waals surface area contributed by atoms with Crippen LogP contribution in [0.5, 0.6) is 0 Å². The van der Waals surface area contributed by atoms with Gasteiger partial charge in [0.05, 0.1) is 11.2 Å². The number of nitrogens with two attached hydrogens (primary N) is 2. The Balaban J connectivity index is 2.95. The zero-order chi connectivity index (χ0) is 16.4. The molecular weight excluding hydrogens is 288 g/mol. The van der Waals surface area contributed by atoms with E-state index < -0.39 is 58.3 Å². The van der Waals surface area contributed by atoms with Crippen LogP contribution in [0.25, 0.3) is 0 Å². The van der Waals surface area contributed by atoms with Crippen LogP contribution in [0.15, 0.2) is 11.6 Å². The van der Waals surface area contributed by atoms with Gasteiger partial charge >= 0.3 is 23.9 Å². The maximum Gasteiger partial charge on any atom is 0.332 e. The fourth-order valence-electron chi connectivity index (χ4n) is 3.60. The van der Waals surface area contributed by atoms with E-state index in [9.17, 15) is 34.5 Å². The van der Waals surface area contributed by atoms with Crippen LogP contribution in [-0.4, -0.2) is 50.0 Å². The number of fused-ring (bicyclic) bond motifs is 2. The summed E-state index contributed by atoms with van der Waals surface area (Å²) in [5, 5.41) is 37.3. The van der Waals surface area contributed by atoms with Crippen molar-refractivity contribution in [2.45, 2.75) is 12.1 Å². The summed E-state index contributed by atoms with van der Waals surface area (Å²) in [4.78, 5) is 46.2. The van der Waals surface area contributed by atoms with Crippen molar-refractivity contribution in [1.29, 1.82) is 0 Å².